The summed E-state index contributed by atoms with van der Waals surface area (Å²) in [5.41, 5.74) is 4.40. The molecule has 38 heavy (non-hydrogen) atoms. The van der Waals surface area contributed by atoms with Crippen LogP contribution in [0.15, 0.2) is 86.9 Å². The van der Waals surface area contributed by atoms with Crippen LogP contribution in [0, 0.1) is 0 Å². The number of imidazole rings is 1. The van der Waals surface area contributed by atoms with Gasteiger partial charge < -0.3 is 9.88 Å². The van der Waals surface area contributed by atoms with Gasteiger partial charge in [0.25, 0.3) is 5.91 Å². The van der Waals surface area contributed by atoms with Crippen LogP contribution in [0.25, 0.3) is 11.0 Å². The number of benzene rings is 3. The van der Waals surface area contributed by atoms with Gasteiger partial charge in [-0.1, -0.05) is 45.7 Å². The average Bonchev–Trinajstić information content (AvgIpc) is 3.55. The van der Waals surface area contributed by atoms with E-state index < -0.39 is 10.0 Å². The number of aromatic nitrogens is 2. The smallest absolute Gasteiger partial charge is 0.255 e. The van der Waals surface area contributed by atoms with Gasteiger partial charge in [-0.25, -0.2) is 18.1 Å². The number of hydrogen-bond acceptors (Lipinski definition) is 5. The summed E-state index contributed by atoms with van der Waals surface area (Å²) in [4.78, 5) is 17.6. The monoisotopic (exact) mass is 628 g/mol. The molecule has 7 nitrogen and oxygen atoms in total. The molecule has 0 fully saturated rings. The van der Waals surface area contributed by atoms with E-state index in [9.17, 15) is 13.2 Å². The standard InChI is InChI=1S/C27H22BrClN4O3S2/c1-33-24-11-5-18(27(34)31-21-8-6-20(28)7-9-21)14-23(24)32-25(33)15-19-13-17(4-10-22(19)29)16-30-38(35,36)26-3-2-12-37-26/h2-14,30H,15-16H2,1H3,(H,31,34). The first-order valence-electron chi connectivity index (χ1n) is 11.5. The van der Waals surface area contributed by atoms with Crippen molar-refractivity contribution in [2.24, 2.45) is 7.05 Å². The summed E-state index contributed by atoms with van der Waals surface area (Å²) in [7, 11) is -1.65. The number of thiophene rings is 1. The number of carbonyl (C=O) groups is 1. The van der Waals surface area contributed by atoms with Crippen LogP contribution in [0.1, 0.15) is 27.3 Å². The minimum atomic E-state index is -3.57. The highest BCUT2D eigenvalue weighted by molar-refractivity contribution is 9.10. The molecule has 2 aromatic heterocycles. The van der Waals surface area contributed by atoms with Gasteiger partial charge in [0, 0.05) is 40.8 Å². The van der Waals surface area contributed by atoms with Gasteiger partial charge in [-0.05, 0) is 71.1 Å². The molecule has 194 valence electrons. The Morgan fingerprint density at radius 1 is 1.08 bits per heavy atom. The molecule has 0 saturated carbocycles. The normalized spacial score (nSPS) is 11.7. The van der Waals surface area contributed by atoms with Gasteiger partial charge >= 0.3 is 0 Å². The van der Waals surface area contributed by atoms with Crippen molar-refractivity contribution < 1.29 is 13.2 Å². The molecule has 0 aliphatic heterocycles. The molecule has 0 aliphatic carbocycles. The van der Waals surface area contributed by atoms with E-state index in [2.05, 4.69) is 26.0 Å². The molecular formula is C27H22BrClN4O3S2. The first-order valence-corrected chi connectivity index (χ1v) is 15.1. The highest BCUT2D eigenvalue weighted by Gasteiger charge is 2.16. The molecule has 3 aromatic carbocycles. The molecule has 11 heteroatoms. The Labute approximate surface area is 237 Å². The first-order chi connectivity index (χ1) is 18.2. The average molecular weight is 630 g/mol. The maximum atomic E-state index is 12.8. The third-order valence-electron chi connectivity index (χ3n) is 6.02. The van der Waals surface area contributed by atoms with Gasteiger partial charge in [0.2, 0.25) is 10.0 Å². The maximum Gasteiger partial charge on any atom is 0.255 e. The van der Waals surface area contributed by atoms with Gasteiger partial charge in [-0.2, -0.15) is 0 Å². The molecule has 2 heterocycles. The number of nitrogens with one attached hydrogen (secondary N) is 2. The Hall–Kier alpha value is -3.02. The summed E-state index contributed by atoms with van der Waals surface area (Å²) in [6.45, 7) is 0.143. The lowest BCUT2D eigenvalue weighted by Gasteiger charge is -2.09. The molecule has 0 spiro atoms. The van der Waals surface area contributed by atoms with Crippen LogP contribution in [0.4, 0.5) is 5.69 Å². The molecule has 1 amide bonds. The third kappa shape index (κ3) is 5.84. The van der Waals surface area contributed by atoms with E-state index in [4.69, 9.17) is 16.6 Å². The number of aryl methyl sites for hydroxylation is 1. The minimum absolute atomic E-state index is 0.143. The molecule has 5 rings (SSSR count). The van der Waals surface area contributed by atoms with Crippen molar-refractivity contribution in [2.45, 2.75) is 17.2 Å². The summed E-state index contributed by atoms with van der Waals surface area (Å²) < 4.78 is 30.8. The highest BCUT2D eigenvalue weighted by Crippen LogP contribution is 2.25. The quantitative estimate of drug-likeness (QED) is 0.209. The van der Waals surface area contributed by atoms with Gasteiger partial charge in [0.15, 0.2) is 0 Å². The zero-order valence-corrected chi connectivity index (χ0v) is 24.1. The molecule has 0 bridgehead atoms. The number of amides is 1. The van der Waals surface area contributed by atoms with Gasteiger partial charge in [0.1, 0.15) is 10.0 Å². The summed E-state index contributed by atoms with van der Waals surface area (Å²) in [6.07, 6.45) is 0.440. The van der Waals surface area contributed by atoms with Gasteiger partial charge in [-0.3, -0.25) is 4.79 Å². The lowest BCUT2D eigenvalue weighted by atomic mass is 10.1. The SMILES string of the molecule is Cn1c(Cc2cc(CNS(=O)(=O)c3cccs3)ccc2Cl)nc2cc(C(=O)Nc3ccc(Br)cc3)ccc21. The number of hydrogen-bond donors (Lipinski definition) is 2. The number of anilines is 1. The van der Waals surface area contributed by atoms with Crippen LogP contribution in [0.2, 0.25) is 5.02 Å². The number of fused-ring (bicyclic) bond motifs is 1. The van der Waals surface area contributed by atoms with Crippen LogP contribution < -0.4 is 10.0 Å². The van der Waals surface area contributed by atoms with Crippen molar-refractivity contribution in [3.05, 3.63) is 110 Å². The second-order valence-electron chi connectivity index (χ2n) is 8.61. The topological polar surface area (TPSA) is 93.1 Å². The fourth-order valence-corrected chi connectivity index (χ4v) is 6.50. The summed E-state index contributed by atoms with van der Waals surface area (Å²) >= 11 is 11.1. The molecule has 0 saturated heterocycles. The third-order valence-corrected chi connectivity index (χ3v) is 9.72. The lowest BCUT2D eigenvalue weighted by Crippen LogP contribution is -2.22. The molecule has 0 radical (unpaired) electrons. The van der Waals surface area contributed by atoms with Crippen LogP contribution in [-0.4, -0.2) is 23.9 Å². The Morgan fingerprint density at radius 2 is 1.87 bits per heavy atom. The van der Waals surface area contributed by atoms with E-state index in [-0.39, 0.29) is 16.7 Å². The minimum Gasteiger partial charge on any atom is -0.331 e. The maximum absolute atomic E-state index is 12.8. The summed E-state index contributed by atoms with van der Waals surface area (Å²) in [5.74, 6) is 0.547. The summed E-state index contributed by atoms with van der Waals surface area (Å²) in [5, 5.41) is 5.19. The van der Waals surface area contributed by atoms with Crippen LogP contribution >= 0.6 is 38.9 Å². The van der Waals surface area contributed by atoms with Crippen molar-refractivity contribution in [1.82, 2.24) is 14.3 Å². The van der Waals surface area contributed by atoms with E-state index in [0.29, 0.717) is 28.2 Å². The van der Waals surface area contributed by atoms with Crippen molar-refractivity contribution in [1.29, 1.82) is 0 Å². The predicted molar refractivity (Wildman–Crippen MR) is 155 cm³/mol. The Bertz CT molecular complexity index is 1730. The molecule has 0 aliphatic rings. The zero-order valence-electron chi connectivity index (χ0n) is 20.1. The molecular weight excluding hydrogens is 608 g/mol. The first kappa shape index (κ1) is 26.6. The number of rotatable bonds is 8. The van der Waals surface area contributed by atoms with E-state index in [1.807, 2.05) is 48.0 Å². The van der Waals surface area contributed by atoms with E-state index in [1.165, 1.54) is 11.3 Å². The van der Waals surface area contributed by atoms with Gasteiger partial charge in [0.05, 0.1) is 11.0 Å². The molecule has 0 atom stereocenters. The van der Waals surface area contributed by atoms with Crippen LogP contribution in [0.3, 0.4) is 0 Å². The Kier molecular flexibility index (Phi) is 7.69. The second-order valence-corrected chi connectivity index (χ2v) is 12.9. The van der Waals surface area contributed by atoms with E-state index >= 15 is 0 Å². The Morgan fingerprint density at radius 3 is 2.61 bits per heavy atom. The molecule has 5 aromatic rings. The highest BCUT2D eigenvalue weighted by atomic mass is 79.9. The van der Waals surface area contributed by atoms with Gasteiger partial charge in [-0.15, -0.1) is 11.3 Å². The number of carbonyl (C=O) groups excluding carboxylic acids is 1. The number of halogens is 2. The summed E-state index contributed by atoms with van der Waals surface area (Å²) in [6, 6.07) is 21.5. The second kappa shape index (κ2) is 11.0. The van der Waals surface area contributed by atoms with Crippen LogP contribution in [-0.2, 0) is 30.0 Å². The predicted octanol–water partition coefficient (Wildman–Crippen LogP) is 6.37. The lowest BCUT2D eigenvalue weighted by molar-refractivity contribution is 0.102. The van der Waals surface area contributed by atoms with Crippen molar-refractivity contribution >= 4 is 71.5 Å². The molecule has 2 N–H and O–H groups in total. The van der Waals surface area contributed by atoms with Crippen molar-refractivity contribution in [2.75, 3.05) is 5.32 Å². The Balaban J connectivity index is 1.34. The molecule has 0 unspecified atom stereocenters. The zero-order chi connectivity index (χ0) is 26.9. The van der Waals surface area contributed by atoms with E-state index in [1.54, 1.807) is 41.8 Å². The number of sulfonamides is 1. The fraction of sp³-hybridized carbons (Fsp3) is 0.111. The van der Waals surface area contributed by atoms with Crippen molar-refractivity contribution in [3.8, 4) is 0 Å². The largest absolute Gasteiger partial charge is 0.331 e. The van der Waals surface area contributed by atoms with E-state index in [0.717, 1.165) is 26.9 Å². The van der Waals surface area contributed by atoms with Crippen LogP contribution in [0.5, 0.6) is 0 Å². The number of nitrogens with zero attached hydrogens (tertiary/aromatic N) is 2. The fourth-order valence-electron chi connectivity index (χ4n) is 4.00. The van der Waals surface area contributed by atoms with Crippen molar-refractivity contribution in [3.63, 3.8) is 0 Å².